The van der Waals surface area contributed by atoms with Gasteiger partial charge in [-0.05, 0) is 39.2 Å². The average molecular weight is 436 g/mol. The van der Waals surface area contributed by atoms with E-state index in [1.165, 1.54) is 10.6 Å². The Morgan fingerprint density at radius 2 is 1.83 bits per heavy atom. The molecule has 0 radical (unpaired) electrons. The summed E-state index contributed by atoms with van der Waals surface area (Å²) in [6.45, 7) is 4.67. The van der Waals surface area contributed by atoms with Gasteiger partial charge in [0.1, 0.15) is 0 Å². The highest BCUT2D eigenvalue weighted by molar-refractivity contribution is 7.88. The van der Waals surface area contributed by atoms with Crippen molar-refractivity contribution >= 4 is 21.6 Å². The van der Waals surface area contributed by atoms with E-state index >= 15 is 0 Å². The van der Waals surface area contributed by atoms with Crippen LogP contribution >= 0.6 is 0 Å². The van der Waals surface area contributed by atoms with Crippen molar-refractivity contribution in [1.29, 1.82) is 0 Å². The van der Waals surface area contributed by atoms with Gasteiger partial charge < -0.3 is 9.80 Å². The number of aromatic nitrogens is 3. The lowest BCUT2D eigenvalue weighted by Gasteiger charge is -2.37. The summed E-state index contributed by atoms with van der Waals surface area (Å²) in [6.07, 6.45) is 3.97. The number of rotatable bonds is 3. The predicted molar refractivity (Wildman–Crippen MR) is 113 cm³/mol. The van der Waals surface area contributed by atoms with Crippen molar-refractivity contribution in [2.45, 2.75) is 12.5 Å². The van der Waals surface area contributed by atoms with Gasteiger partial charge in [0.25, 0.3) is 5.91 Å². The van der Waals surface area contributed by atoms with Gasteiger partial charge in [-0.1, -0.05) is 0 Å². The van der Waals surface area contributed by atoms with Crippen LogP contribution in [0.3, 0.4) is 0 Å². The molecule has 164 valence electrons. The molecule has 4 heterocycles. The first kappa shape index (κ1) is 21.2. The number of pyridine rings is 1. The average Bonchev–Trinajstić information content (AvgIpc) is 3.00. The van der Waals surface area contributed by atoms with Crippen LogP contribution in [-0.4, -0.2) is 114 Å². The van der Waals surface area contributed by atoms with Crippen LogP contribution in [0.5, 0.6) is 0 Å². The van der Waals surface area contributed by atoms with E-state index in [2.05, 4.69) is 27.0 Å². The van der Waals surface area contributed by atoms with E-state index < -0.39 is 10.0 Å². The summed E-state index contributed by atoms with van der Waals surface area (Å²) in [6, 6.07) is 3.35. The summed E-state index contributed by atoms with van der Waals surface area (Å²) in [5, 5.41) is 8.58. The van der Waals surface area contributed by atoms with Crippen molar-refractivity contribution in [2.75, 3.05) is 66.2 Å². The van der Waals surface area contributed by atoms with Gasteiger partial charge in [-0.3, -0.25) is 14.1 Å². The largest absolute Gasteiger partial charge is 0.337 e. The maximum absolute atomic E-state index is 13.1. The number of hydrogen-bond acceptors (Lipinski definition) is 7. The van der Waals surface area contributed by atoms with Crippen LogP contribution in [0.4, 0.5) is 0 Å². The minimum Gasteiger partial charge on any atom is -0.337 e. The lowest BCUT2D eigenvalue weighted by atomic mass is 10.2. The number of nitrogens with zero attached hydrogens (tertiary/aromatic N) is 7. The van der Waals surface area contributed by atoms with Crippen molar-refractivity contribution in [1.82, 2.24) is 33.6 Å². The molecule has 10 nitrogen and oxygen atoms in total. The highest BCUT2D eigenvalue weighted by atomic mass is 32.2. The summed E-state index contributed by atoms with van der Waals surface area (Å²) >= 11 is 0. The predicted octanol–water partition coefficient (Wildman–Crippen LogP) is -0.245. The molecule has 0 bridgehead atoms. The third-order valence-electron chi connectivity index (χ3n) is 6.06. The molecule has 4 rings (SSSR count). The molecule has 1 atom stereocenters. The SMILES string of the molecule is CN1CCCN(C(=O)c2ccc3nnc([C@@H]4CN(S(C)(=O)=O)CCN4C)n3c2)CC1. The summed E-state index contributed by atoms with van der Waals surface area (Å²) in [7, 11) is 0.740. The second-order valence-electron chi connectivity index (χ2n) is 8.27. The highest BCUT2D eigenvalue weighted by Crippen LogP contribution is 2.25. The van der Waals surface area contributed by atoms with Crippen LogP contribution < -0.4 is 0 Å². The third-order valence-corrected chi connectivity index (χ3v) is 7.33. The fourth-order valence-electron chi connectivity index (χ4n) is 4.12. The Kier molecular flexibility index (Phi) is 5.80. The Bertz CT molecular complexity index is 1040. The van der Waals surface area contributed by atoms with Crippen LogP contribution in [0.2, 0.25) is 0 Å². The van der Waals surface area contributed by atoms with Crippen LogP contribution in [0, 0.1) is 0 Å². The van der Waals surface area contributed by atoms with E-state index in [0.717, 1.165) is 26.1 Å². The fourth-order valence-corrected chi connectivity index (χ4v) is 4.95. The maximum Gasteiger partial charge on any atom is 0.255 e. The molecule has 2 fully saturated rings. The smallest absolute Gasteiger partial charge is 0.255 e. The molecule has 2 saturated heterocycles. The van der Waals surface area contributed by atoms with Gasteiger partial charge >= 0.3 is 0 Å². The number of carbonyl (C=O) groups is 1. The Labute approximate surface area is 177 Å². The van der Waals surface area contributed by atoms with Crippen molar-refractivity contribution in [3.8, 4) is 0 Å². The number of amides is 1. The molecule has 0 spiro atoms. The Balaban J connectivity index is 1.63. The van der Waals surface area contributed by atoms with E-state index in [4.69, 9.17) is 0 Å². The molecule has 2 aromatic rings. The zero-order valence-corrected chi connectivity index (χ0v) is 18.5. The van der Waals surface area contributed by atoms with Gasteiger partial charge in [0.2, 0.25) is 10.0 Å². The fraction of sp³-hybridized carbons (Fsp3) is 0.632. The molecule has 0 aliphatic carbocycles. The zero-order valence-electron chi connectivity index (χ0n) is 17.7. The Morgan fingerprint density at radius 3 is 2.60 bits per heavy atom. The quantitative estimate of drug-likeness (QED) is 0.656. The second kappa shape index (κ2) is 8.22. The van der Waals surface area contributed by atoms with Gasteiger partial charge in [-0.15, -0.1) is 10.2 Å². The van der Waals surface area contributed by atoms with Crippen LogP contribution in [0.1, 0.15) is 28.6 Å². The molecule has 0 saturated carbocycles. The number of sulfonamides is 1. The summed E-state index contributed by atoms with van der Waals surface area (Å²) in [5.41, 5.74) is 1.23. The Morgan fingerprint density at radius 1 is 1.03 bits per heavy atom. The van der Waals surface area contributed by atoms with E-state index in [0.29, 0.717) is 43.2 Å². The first-order valence-electron chi connectivity index (χ1n) is 10.2. The van der Waals surface area contributed by atoms with Crippen molar-refractivity contribution in [3.63, 3.8) is 0 Å². The van der Waals surface area contributed by atoms with Crippen LogP contribution in [0.25, 0.3) is 5.65 Å². The third kappa shape index (κ3) is 4.20. The second-order valence-corrected chi connectivity index (χ2v) is 10.3. The first-order valence-corrected chi connectivity index (χ1v) is 12.1. The number of piperazine rings is 1. The molecule has 1 amide bonds. The summed E-state index contributed by atoms with van der Waals surface area (Å²) < 4.78 is 27.4. The van der Waals surface area contributed by atoms with Gasteiger partial charge in [-0.2, -0.15) is 4.31 Å². The van der Waals surface area contributed by atoms with Gasteiger partial charge in [-0.25, -0.2) is 8.42 Å². The number of fused-ring (bicyclic) bond motifs is 1. The Hall–Kier alpha value is -2.08. The van der Waals surface area contributed by atoms with E-state index in [-0.39, 0.29) is 11.9 Å². The first-order chi connectivity index (χ1) is 14.2. The molecular formula is C19H29N7O3S. The standard InChI is InChI=1S/C19H29N7O3S/c1-22-7-4-8-24(11-9-22)19(27)15-5-6-17-20-21-18(26(17)13-15)16-14-25(30(3,28)29)12-10-23(16)2/h5-6,13,16H,4,7-12,14H2,1-3H3/t16-/m0/s1. The van der Waals surface area contributed by atoms with E-state index in [9.17, 15) is 13.2 Å². The molecule has 2 aromatic heterocycles. The van der Waals surface area contributed by atoms with Crippen molar-refractivity contribution in [3.05, 3.63) is 29.7 Å². The number of carbonyl (C=O) groups excluding carboxylic acids is 1. The molecule has 0 aromatic carbocycles. The van der Waals surface area contributed by atoms with Gasteiger partial charge in [0, 0.05) is 45.5 Å². The van der Waals surface area contributed by atoms with Crippen molar-refractivity contribution in [2.24, 2.45) is 0 Å². The molecule has 2 aliphatic heterocycles. The highest BCUT2D eigenvalue weighted by Gasteiger charge is 2.33. The normalized spacial score (nSPS) is 23.0. The molecule has 11 heteroatoms. The molecule has 0 N–H and O–H groups in total. The molecule has 2 aliphatic rings. The summed E-state index contributed by atoms with van der Waals surface area (Å²) in [4.78, 5) is 19.3. The van der Waals surface area contributed by atoms with Crippen LogP contribution in [0.15, 0.2) is 18.3 Å². The minimum absolute atomic E-state index is 0.00149. The van der Waals surface area contributed by atoms with Gasteiger partial charge in [0.15, 0.2) is 11.5 Å². The lowest BCUT2D eigenvalue weighted by molar-refractivity contribution is 0.0762. The number of hydrogen-bond donors (Lipinski definition) is 0. The monoisotopic (exact) mass is 435 g/mol. The lowest BCUT2D eigenvalue weighted by Crippen LogP contribution is -2.49. The van der Waals surface area contributed by atoms with Crippen LogP contribution in [-0.2, 0) is 10.0 Å². The summed E-state index contributed by atoms with van der Waals surface area (Å²) in [5.74, 6) is 0.646. The van der Waals surface area contributed by atoms with Crippen molar-refractivity contribution < 1.29 is 13.2 Å². The maximum atomic E-state index is 13.1. The topological polar surface area (TPSA) is 94.4 Å². The number of likely N-dealkylation sites (N-methyl/N-ethyl adjacent to an activating group) is 2. The van der Waals surface area contributed by atoms with E-state index in [1.54, 1.807) is 18.3 Å². The molecular weight excluding hydrogens is 406 g/mol. The molecule has 0 unspecified atom stereocenters. The van der Waals surface area contributed by atoms with E-state index in [1.807, 2.05) is 16.3 Å². The minimum atomic E-state index is -3.29. The molecule has 30 heavy (non-hydrogen) atoms. The van der Waals surface area contributed by atoms with Gasteiger partial charge in [0.05, 0.1) is 17.9 Å². The zero-order chi connectivity index (χ0) is 21.5.